The van der Waals surface area contributed by atoms with Crippen molar-refractivity contribution < 1.29 is 54.1 Å². The predicted octanol–water partition coefficient (Wildman–Crippen LogP) is 4.76. The molecule has 4 amide bonds. The summed E-state index contributed by atoms with van der Waals surface area (Å²) in [5, 5.41) is 5.58. The van der Waals surface area contributed by atoms with Gasteiger partial charge in [-0.25, -0.2) is 18.2 Å². The van der Waals surface area contributed by atoms with E-state index in [2.05, 4.69) is 20.3 Å². The minimum absolute atomic E-state index is 0.0606. The Bertz CT molecular complexity index is 2230. The summed E-state index contributed by atoms with van der Waals surface area (Å²) in [6.45, 7) is -4.76. The van der Waals surface area contributed by atoms with E-state index >= 15 is 4.79 Å². The summed E-state index contributed by atoms with van der Waals surface area (Å²) < 4.78 is 117. The van der Waals surface area contributed by atoms with Gasteiger partial charge in [-0.05, 0) is 114 Å². The monoisotopic (exact) mass is 790 g/mol. The van der Waals surface area contributed by atoms with Crippen LogP contribution in [0.3, 0.4) is 0 Å². The van der Waals surface area contributed by atoms with E-state index in [-0.39, 0.29) is 43.7 Å². The van der Waals surface area contributed by atoms with Crippen LogP contribution in [0.15, 0.2) is 42.6 Å². The number of benzene rings is 1. The normalized spacial score (nSPS) is 32.7. The molecule has 1 saturated heterocycles. The fourth-order valence-corrected chi connectivity index (χ4v) is 8.88. The number of hydrogen-bond donors (Lipinski definition) is 3. The summed E-state index contributed by atoms with van der Waals surface area (Å²) in [5.74, 6) is -3.49. The summed E-state index contributed by atoms with van der Waals surface area (Å²) in [4.78, 5) is 62.8. The summed E-state index contributed by atoms with van der Waals surface area (Å²) >= 11 is 0. The van der Waals surface area contributed by atoms with Crippen molar-refractivity contribution >= 4 is 44.6 Å². The number of fused-ring (bicyclic) bond motifs is 3. The van der Waals surface area contributed by atoms with E-state index in [4.69, 9.17) is 26.5 Å². The zero-order valence-corrected chi connectivity index (χ0v) is 32.1. The fourth-order valence-electron chi connectivity index (χ4n) is 7.52. The second-order valence-corrected chi connectivity index (χ2v) is 17.6. The lowest BCUT2D eigenvalue weighted by atomic mass is 9.88. The number of allylic oxidation sites excluding steroid dienone is 1. The number of hydrogen-bond acceptors (Lipinski definition) is 10. The maximum absolute atomic E-state index is 15.0. The SMILES string of the molecule is [2H]C([2H])([2H])C(OC(=O)N[C@@H]1C(=O)N2C[C@H](Oc3nccc4cc(OC(C)C)ccc34)C[C@H]2C(=O)N[C@]2(C(=O)NS(=O)(=O)C3CC3)C[C@H]2/C=C\CC[C@H](C)C[C@H]1C)(C([2H])([2H])[2H])C([2H])([2H])[2H]. The van der Waals surface area contributed by atoms with Gasteiger partial charge in [0.15, 0.2) is 0 Å². The highest BCUT2D eigenvalue weighted by Crippen LogP contribution is 2.46. The maximum atomic E-state index is 15.0. The molecule has 0 radical (unpaired) electrons. The van der Waals surface area contributed by atoms with Gasteiger partial charge in [-0.15, -0.1) is 0 Å². The van der Waals surface area contributed by atoms with Crippen molar-refractivity contribution in [3.63, 3.8) is 0 Å². The number of pyridine rings is 1. The minimum atomic E-state index is -4.03. The van der Waals surface area contributed by atoms with E-state index in [1.807, 2.05) is 26.8 Å². The number of aromatic nitrogens is 1. The van der Waals surface area contributed by atoms with Crippen LogP contribution in [0.4, 0.5) is 4.79 Å². The van der Waals surface area contributed by atoms with Crippen molar-refractivity contribution in [1.29, 1.82) is 0 Å². The Morgan fingerprint density at radius 3 is 2.58 bits per heavy atom. The van der Waals surface area contributed by atoms with Crippen LogP contribution in [-0.4, -0.2) is 89.3 Å². The smallest absolute Gasteiger partial charge is 0.408 e. The van der Waals surface area contributed by atoms with Gasteiger partial charge in [0.2, 0.25) is 27.7 Å². The molecule has 0 spiro atoms. The maximum Gasteiger partial charge on any atom is 0.408 e. The highest BCUT2D eigenvalue weighted by molar-refractivity contribution is 7.91. The molecule has 0 unspecified atom stereocenters. The number of nitrogens with one attached hydrogen (secondary N) is 3. The van der Waals surface area contributed by atoms with Crippen LogP contribution in [0, 0.1) is 17.8 Å². The number of amides is 4. The molecule has 7 atom stereocenters. The number of carbonyl (C=O) groups is 4. The molecular formula is C40H55N5O9S. The van der Waals surface area contributed by atoms with E-state index in [1.165, 1.54) is 6.20 Å². The molecule has 1 aromatic heterocycles. The summed E-state index contributed by atoms with van der Waals surface area (Å²) in [5.41, 5.74) is -5.70. The Kier molecular flexibility index (Phi) is 8.47. The third-order valence-corrected chi connectivity index (χ3v) is 12.3. The van der Waals surface area contributed by atoms with Crippen molar-refractivity contribution in [3.05, 3.63) is 42.6 Å². The lowest BCUT2D eigenvalue weighted by Crippen LogP contribution is -2.59. The first-order valence-corrected chi connectivity index (χ1v) is 20.2. The van der Waals surface area contributed by atoms with Gasteiger partial charge in [0.05, 0.1) is 17.9 Å². The molecule has 4 aliphatic rings. The topological polar surface area (TPSA) is 182 Å². The Balaban J connectivity index is 1.38. The zero-order valence-electron chi connectivity index (χ0n) is 40.3. The van der Waals surface area contributed by atoms with Gasteiger partial charge >= 0.3 is 6.09 Å². The Hall–Kier alpha value is -4.40. The van der Waals surface area contributed by atoms with Gasteiger partial charge in [0, 0.05) is 36.3 Å². The Morgan fingerprint density at radius 2 is 1.87 bits per heavy atom. The average Bonchev–Trinajstić information content (AvgIpc) is 4.09. The minimum Gasteiger partial charge on any atom is -0.491 e. The van der Waals surface area contributed by atoms with E-state index < -0.39 is 101 Å². The molecule has 1 aromatic carbocycles. The van der Waals surface area contributed by atoms with Crippen molar-refractivity contribution in [1.82, 2.24) is 25.2 Å². The largest absolute Gasteiger partial charge is 0.491 e. The number of nitrogens with zero attached hydrogens (tertiary/aromatic N) is 2. The quantitative estimate of drug-likeness (QED) is 0.316. The lowest BCUT2D eigenvalue weighted by molar-refractivity contribution is -0.142. The number of rotatable bonds is 8. The van der Waals surface area contributed by atoms with Gasteiger partial charge < -0.3 is 29.7 Å². The van der Waals surface area contributed by atoms with Gasteiger partial charge in [-0.2, -0.15) is 0 Å². The van der Waals surface area contributed by atoms with Gasteiger partial charge in [-0.3, -0.25) is 19.1 Å². The van der Waals surface area contributed by atoms with Crippen LogP contribution >= 0.6 is 0 Å². The van der Waals surface area contributed by atoms with Crippen LogP contribution in [0.2, 0.25) is 0 Å². The molecule has 55 heavy (non-hydrogen) atoms. The summed E-state index contributed by atoms with van der Waals surface area (Å²) in [6.07, 6.45) is 4.10. The highest BCUT2D eigenvalue weighted by atomic mass is 32.2. The highest BCUT2D eigenvalue weighted by Gasteiger charge is 2.62. The molecule has 15 heteroatoms. The lowest BCUT2D eigenvalue weighted by Gasteiger charge is -2.33. The molecule has 2 aromatic rings. The zero-order chi connectivity index (χ0) is 47.4. The number of sulfonamides is 1. The van der Waals surface area contributed by atoms with Crippen molar-refractivity contribution in [2.24, 2.45) is 17.8 Å². The van der Waals surface area contributed by atoms with E-state index in [9.17, 15) is 22.8 Å². The molecule has 2 aliphatic carbocycles. The van der Waals surface area contributed by atoms with Crippen LogP contribution < -0.4 is 24.8 Å². The molecule has 300 valence electrons. The Morgan fingerprint density at radius 1 is 1.11 bits per heavy atom. The predicted molar refractivity (Wildman–Crippen MR) is 206 cm³/mol. The fraction of sp³-hybridized carbons (Fsp3) is 0.625. The van der Waals surface area contributed by atoms with Crippen LogP contribution in [0.5, 0.6) is 11.6 Å². The van der Waals surface area contributed by atoms with E-state index in [1.54, 1.807) is 37.3 Å². The second kappa shape index (κ2) is 15.6. The number of ether oxygens (including phenoxy) is 3. The van der Waals surface area contributed by atoms with Crippen molar-refractivity contribution in [2.75, 3.05) is 6.54 Å². The molecule has 2 aliphatic heterocycles. The first-order chi connectivity index (χ1) is 29.6. The van der Waals surface area contributed by atoms with Gasteiger partial charge in [0.25, 0.3) is 5.91 Å². The summed E-state index contributed by atoms with van der Waals surface area (Å²) in [6, 6.07) is 3.94. The van der Waals surface area contributed by atoms with Crippen molar-refractivity contribution in [2.45, 2.75) is 134 Å². The van der Waals surface area contributed by atoms with Gasteiger partial charge in [-0.1, -0.05) is 26.0 Å². The molecule has 6 rings (SSSR count). The van der Waals surface area contributed by atoms with Crippen LogP contribution in [0.25, 0.3) is 10.8 Å². The number of carbonyl (C=O) groups excluding carboxylic acids is 4. The molecule has 3 N–H and O–H groups in total. The number of alkyl carbamates (subject to hydrolysis) is 1. The van der Waals surface area contributed by atoms with Crippen LogP contribution in [0.1, 0.15) is 106 Å². The van der Waals surface area contributed by atoms with Crippen LogP contribution in [-0.2, 0) is 29.1 Å². The van der Waals surface area contributed by atoms with Crippen molar-refractivity contribution in [3.8, 4) is 11.6 Å². The molecule has 0 bridgehead atoms. The van der Waals surface area contributed by atoms with Gasteiger partial charge in [0.1, 0.15) is 35.1 Å². The molecule has 14 nitrogen and oxygen atoms in total. The third-order valence-electron chi connectivity index (χ3n) is 10.5. The van der Waals surface area contributed by atoms with E-state index in [0.29, 0.717) is 42.2 Å². The molecule has 2 saturated carbocycles. The Labute approximate surface area is 336 Å². The third kappa shape index (κ3) is 9.53. The molecular weight excluding hydrogens is 727 g/mol. The summed E-state index contributed by atoms with van der Waals surface area (Å²) in [7, 11) is -4.03. The first kappa shape index (κ1) is 29.8. The second-order valence-electron chi connectivity index (χ2n) is 15.6. The standard InChI is InChI=1S/C40H55N5O9S/c1-23(2)52-28-12-15-31-26(19-28)16-17-41-35(31)53-29-20-32-34(46)43-40(37(48)44-55(50,51)30-13-14-30)21-27(40)11-9-8-10-24(3)18-25(4)33(36(47)45(32)22-29)42-38(49)54-39(5,6)7/h9,11-12,15-17,19,23-25,27,29-30,32-33H,8,10,13-14,18,20-22H2,1-7H3,(H,42,49)(H,43,46)(H,44,48)/b11-9-/t24-,25+,27+,29+,32-,33-,40+/m0/s1/i5D3,6D3,7D3. The first-order valence-electron chi connectivity index (χ1n) is 23.2. The molecule has 3 fully saturated rings. The molecule has 3 heterocycles. The average molecular weight is 791 g/mol. The van der Waals surface area contributed by atoms with E-state index in [0.717, 1.165) is 4.90 Å².